The van der Waals surface area contributed by atoms with Crippen LogP contribution >= 0.6 is 11.6 Å². The lowest BCUT2D eigenvalue weighted by Gasteiger charge is -2.17. The first-order valence-electron chi connectivity index (χ1n) is 4.41. The van der Waals surface area contributed by atoms with Gasteiger partial charge in [-0.25, -0.2) is 8.78 Å². The highest BCUT2D eigenvalue weighted by Crippen LogP contribution is 2.30. The lowest BCUT2D eigenvalue weighted by Crippen LogP contribution is -2.34. The number of alkyl halides is 4. The van der Waals surface area contributed by atoms with E-state index in [-0.39, 0.29) is 16.3 Å². The summed E-state index contributed by atoms with van der Waals surface area (Å²) >= 11 is 5.60. The van der Waals surface area contributed by atoms with Crippen molar-refractivity contribution in [3.8, 4) is 5.75 Å². The number of benzene rings is 1. The van der Waals surface area contributed by atoms with E-state index in [1.165, 1.54) is 18.2 Å². The highest BCUT2D eigenvalue weighted by molar-refractivity contribution is 6.32. The summed E-state index contributed by atoms with van der Waals surface area (Å²) in [6.07, 6.45) is -3.51. The Morgan fingerprint density at radius 3 is 2.59 bits per heavy atom. The van der Waals surface area contributed by atoms with E-state index in [2.05, 4.69) is 4.74 Å². The van der Waals surface area contributed by atoms with Gasteiger partial charge in [-0.05, 0) is 12.1 Å². The van der Waals surface area contributed by atoms with Crippen molar-refractivity contribution in [2.75, 3.05) is 6.61 Å². The predicted octanol–water partition coefficient (Wildman–Crippen LogP) is 3.43. The fraction of sp³-hybridized carbons (Fsp3) is 0.300. The molecule has 17 heavy (non-hydrogen) atoms. The number of carbonyl (C=O) groups excluding carboxylic acids is 1. The van der Waals surface area contributed by atoms with Gasteiger partial charge in [-0.15, -0.1) is 0 Å². The van der Waals surface area contributed by atoms with Crippen LogP contribution in [0.2, 0.25) is 5.02 Å². The topological polar surface area (TPSA) is 26.3 Å². The Kier molecular flexibility index (Phi) is 4.34. The van der Waals surface area contributed by atoms with Crippen LogP contribution in [0.4, 0.5) is 17.6 Å². The van der Waals surface area contributed by atoms with Gasteiger partial charge in [-0.2, -0.15) is 8.78 Å². The maximum absolute atomic E-state index is 12.6. The lowest BCUT2D eigenvalue weighted by atomic mass is 10.2. The molecule has 0 unspecified atom stereocenters. The van der Waals surface area contributed by atoms with Crippen molar-refractivity contribution in [3.05, 3.63) is 28.8 Å². The van der Waals surface area contributed by atoms with Gasteiger partial charge in [0.15, 0.2) is 12.9 Å². The number of ether oxygens (including phenoxy) is 1. The number of hydrogen-bond donors (Lipinski definition) is 0. The van der Waals surface area contributed by atoms with Gasteiger partial charge < -0.3 is 4.74 Å². The van der Waals surface area contributed by atoms with E-state index < -0.39 is 19.0 Å². The highest BCUT2D eigenvalue weighted by Gasteiger charge is 2.42. The van der Waals surface area contributed by atoms with Crippen LogP contribution in [0.15, 0.2) is 18.2 Å². The molecule has 1 aromatic rings. The number of aldehydes is 1. The summed E-state index contributed by atoms with van der Waals surface area (Å²) in [7, 11) is 0. The van der Waals surface area contributed by atoms with Crippen LogP contribution in [0.25, 0.3) is 0 Å². The molecule has 0 aliphatic rings. The fourth-order valence-corrected chi connectivity index (χ4v) is 1.24. The molecule has 2 nitrogen and oxygen atoms in total. The molecule has 1 rings (SSSR count). The van der Waals surface area contributed by atoms with Gasteiger partial charge in [0.1, 0.15) is 5.75 Å². The first-order chi connectivity index (χ1) is 7.88. The molecule has 0 saturated heterocycles. The first-order valence-corrected chi connectivity index (χ1v) is 4.78. The monoisotopic (exact) mass is 270 g/mol. The zero-order valence-electron chi connectivity index (χ0n) is 8.30. The van der Waals surface area contributed by atoms with E-state index in [4.69, 9.17) is 11.6 Å². The summed E-state index contributed by atoms with van der Waals surface area (Å²) in [4.78, 5) is 10.6. The quantitative estimate of drug-likeness (QED) is 0.605. The largest absolute Gasteiger partial charge is 0.485 e. The Balaban J connectivity index is 2.86. The van der Waals surface area contributed by atoms with Gasteiger partial charge in [0.2, 0.25) is 0 Å². The van der Waals surface area contributed by atoms with E-state index in [9.17, 15) is 22.4 Å². The summed E-state index contributed by atoms with van der Waals surface area (Å²) in [5.41, 5.74) is -0.0810. The molecule has 0 bridgehead atoms. The molecule has 0 atom stereocenters. The molecule has 0 aliphatic heterocycles. The minimum Gasteiger partial charge on any atom is -0.485 e. The van der Waals surface area contributed by atoms with Crippen molar-refractivity contribution in [3.63, 3.8) is 0 Å². The average molecular weight is 271 g/mol. The van der Waals surface area contributed by atoms with E-state index in [0.29, 0.717) is 6.29 Å². The van der Waals surface area contributed by atoms with Gasteiger partial charge in [-0.3, -0.25) is 4.79 Å². The maximum Gasteiger partial charge on any atom is 0.340 e. The molecule has 0 amide bonds. The van der Waals surface area contributed by atoms with Crippen LogP contribution in [0.5, 0.6) is 5.75 Å². The third kappa shape index (κ3) is 3.33. The van der Waals surface area contributed by atoms with E-state index in [0.717, 1.165) is 0 Å². The molecule has 1 aromatic carbocycles. The maximum atomic E-state index is 12.6. The molecule has 7 heteroatoms. The fourth-order valence-electron chi connectivity index (χ4n) is 1.00. The summed E-state index contributed by atoms with van der Waals surface area (Å²) in [6.45, 7) is -1.55. The Hall–Kier alpha value is -1.30. The summed E-state index contributed by atoms with van der Waals surface area (Å²) in [6, 6.07) is 3.98. The Bertz CT molecular complexity index is 409. The Morgan fingerprint density at radius 1 is 1.41 bits per heavy atom. The second kappa shape index (κ2) is 5.35. The van der Waals surface area contributed by atoms with Gasteiger partial charge in [0, 0.05) is 0 Å². The Labute approximate surface area is 99.1 Å². The van der Waals surface area contributed by atoms with Gasteiger partial charge >= 0.3 is 12.3 Å². The van der Waals surface area contributed by atoms with Gasteiger partial charge in [-0.1, -0.05) is 17.7 Å². The number of carbonyl (C=O) groups is 1. The van der Waals surface area contributed by atoms with Crippen LogP contribution in [0.3, 0.4) is 0 Å². The third-order valence-corrected chi connectivity index (χ3v) is 2.15. The molecule has 0 N–H and O–H groups in total. The van der Waals surface area contributed by atoms with Crippen molar-refractivity contribution in [2.45, 2.75) is 12.3 Å². The van der Waals surface area contributed by atoms with Crippen molar-refractivity contribution in [1.82, 2.24) is 0 Å². The first kappa shape index (κ1) is 13.8. The van der Waals surface area contributed by atoms with Crippen molar-refractivity contribution in [2.24, 2.45) is 0 Å². The van der Waals surface area contributed by atoms with Crippen LogP contribution in [-0.2, 0) is 0 Å². The van der Waals surface area contributed by atoms with Crippen LogP contribution in [-0.4, -0.2) is 25.2 Å². The minimum atomic E-state index is -4.29. The van der Waals surface area contributed by atoms with Gasteiger partial charge in [0.05, 0.1) is 10.6 Å². The molecule has 0 spiro atoms. The SMILES string of the molecule is O=Cc1cccc(Cl)c1OCC(F)(F)C(F)F. The zero-order valence-corrected chi connectivity index (χ0v) is 9.06. The van der Waals surface area contributed by atoms with Crippen molar-refractivity contribution in [1.29, 1.82) is 0 Å². The highest BCUT2D eigenvalue weighted by atomic mass is 35.5. The second-order valence-electron chi connectivity index (χ2n) is 3.13. The summed E-state index contributed by atoms with van der Waals surface area (Å²) in [5, 5.41) is -0.0975. The molecule has 0 fully saturated rings. The average Bonchev–Trinajstić information content (AvgIpc) is 2.26. The number of hydrogen-bond acceptors (Lipinski definition) is 2. The number of para-hydroxylation sites is 1. The van der Waals surface area contributed by atoms with Crippen molar-refractivity contribution >= 4 is 17.9 Å². The minimum absolute atomic E-state index is 0.0810. The molecular formula is C10H7ClF4O2. The molecular weight excluding hydrogens is 264 g/mol. The van der Waals surface area contributed by atoms with Crippen LogP contribution in [0.1, 0.15) is 10.4 Å². The van der Waals surface area contributed by atoms with E-state index >= 15 is 0 Å². The second-order valence-corrected chi connectivity index (χ2v) is 3.53. The Morgan fingerprint density at radius 2 is 2.06 bits per heavy atom. The molecule has 0 saturated carbocycles. The lowest BCUT2D eigenvalue weighted by molar-refractivity contribution is -0.148. The predicted molar refractivity (Wildman–Crippen MR) is 53.3 cm³/mol. The summed E-state index contributed by atoms with van der Waals surface area (Å²) in [5.74, 6) is -4.62. The van der Waals surface area contributed by atoms with E-state index in [1.54, 1.807) is 0 Å². The molecule has 0 radical (unpaired) electrons. The normalized spacial score (nSPS) is 11.6. The van der Waals surface area contributed by atoms with Gasteiger partial charge in [0.25, 0.3) is 0 Å². The smallest absolute Gasteiger partial charge is 0.340 e. The number of rotatable bonds is 5. The third-order valence-electron chi connectivity index (χ3n) is 1.85. The van der Waals surface area contributed by atoms with Crippen molar-refractivity contribution < 1.29 is 27.1 Å². The van der Waals surface area contributed by atoms with E-state index in [1.807, 2.05) is 0 Å². The standard InChI is InChI=1S/C10H7ClF4O2/c11-7-3-1-2-6(4-16)8(7)17-5-10(14,15)9(12)13/h1-4,9H,5H2. The van der Waals surface area contributed by atoms with Crippen LogP contribution < -0.4 is 4.74 Å². The zero-order chi connectivity index (χ0) is 13.1. The molecule has 0 heterocycles. The van der Waals surface area contributed by atoms with Crippen LogP contribution in [0, 0.1) is 0 Å². The number of halogens is 5. The molecule has 0 aromatic heterocycles. The molecule has 94 valence electrons. The molecule has 0 aliphatic carbocycles. The summed E-state index contributed by atoms with van der Waals surface area (Å²) < 4.78 is 53.4.